The van der Waals surface area contributed by atoms with Crippen LogP contribution < -0.4 is 10.3 Å². The first-order valence-corrected chi connectivity index (χ1v) is 6.67. The maximum absolute atomic E-state index is 12.4. The van der Waals surface area contributed by atoms with Gasteiger partial charge in [0.15, 0.2) is 0 Å². The summed E-state index contributed by atoms with van der Waals surface area (Å²) in [5.74, 6) is 1.42. The summed E-state index contributed by atoms with van der Waals surface area (Å²) in [4.78, 5) is 16.9. The largest absolute Gasteiger partial charge is 0.469 e. The molecule has 3 heterocycles. The maximum Gasteiger partial charge on any atom is 0.260 e. The first-order chi connectivity index (χ1) is 9.33. The summed E-state index contributed by atoms with van der Waals surface area (Å²) < 4.78 is 7.68. The molecule has 4 heteroatoms. The number of rotatable bonds is 1. The maximum atomic E-state index is 12.4. The molecule has 0 saturated heterocycles. The second-order valence-electron chi connectivity index (χ2n) is 5.09. The summed E-state index contributed by atoms with van der Waals surface area (Å²) in [5, 5.41) is 0. The Bertz CT molecular complexity index is 691. The van der Waals surface area contributed by atoms with E-state index in [-0.39, 0.29) is 11.7 Å². The normalized spacial score (nSPS) is 19.9. The molecule has 96 valence electrons. The smallest absolute Gasteiger partial charge is 0.260 e. The molecule has 0 aliphatic carbocycles. The SMILES string of the molecule is O=c1c2c(nc3n1CCC3)OC(c1ccccc1)C2. The number of aryl methyl sites for hydroxylation is 1. The zero-order valence-corrected chi connectivity index (χ0v) is 10.5. The van der Waals surface area contributed by atoms with Gasteiger partial charge >= 0.3 is 0 Å². The van der Waals surface area contributed by atoms with Gasteiger partial charge in [0, 0.05) is 19.4 Å². The van der Waals surface area contributed by atoms with Crippen molar-refractivity contribution >= 4 is 0 Å². The molecule has 4 nitrogen and oxygen atoms in total. The molecule has 1 unspecified atom stereocenters. The van der Waals surface area contributed by atoms with Crippen molar-refractivity contribution in [1.82, 2.24) is 9.55 Å². The molecule has 0 amide bonds. The van der Waals surface area contributed by atoms with Crippen molar-refractivity contribution < 1.29 is 4.74 Å². The molecule has 0 spiro atoms. The predicted octanol–water partition coefficient (Wildman–Crippen LogP) is 1.87. The summed E-state index contributed by atoms with van der Waals surface area (Å²) in [7, 11) is 0. The van der Waals surface area contributed by atoms with Crippen LogP contribution in [-0.2, 0) is 19.4 Å². The number of hydrogen-bond acceptors (Lipinski definition) is 3. The van der Waals surface area contributed by atoms with Crippen LogP contribution in [0.1, 0.15) is 29.5 Å². The van der Waals surface area contributed by atoms with Crippen LogP contribution in [0.25, 0.3) is 0 Å². The molecule has 0 saturated carbocycles. The summed E-state index contributed by atoms with van der Waals surface area (Å²) in [6.07, 6.45) is 2.44. The lowest BCUT2D eigenvalue weighted by Gasteiger charge is -2.09. The molecule has 19 heavy (non-hydrogen) atoms. The third kappa shape index (κ3) is 1.59. The van der Waals surface area contributed by atoms with Gasteiger partial charge in [-0.3, -0.25) is 9.36 Å². The highest BCUT2D eigenvalue weighted by molar-refractivity contribution is 5.34. The molecule has 2 aliphatic heterocycles. The van der Waals surface area contributed by atoms with Crippen molar-refractivity contribution in [2.75, 3.05) is 0 Å². The van der Waals surface area contributed by atoms with Gasteiger partial charge in [-0.2, -0.15) is 4.98 Å². The van der Waals surface area contributed by atoms with Crippen molar-refractivity contribution in [2.24, 2.45) is 0 Å². The van der Waals surface area contributed by atoms with Gasteiger partial charge in [0.05, 0.1) is 5.56 Å². The Morgan fingerprint density at radius 3 is 2.95 bits per heavy atom. The van der Waals surface area contributed by atoms with Crippen molar-refractivity contribution in [2.45, 2.75) is 31.9 Å². The molecular formula is C15H14N2O2. The summed E-state index contributed by atoms with van der Waals surface area (Å²) in [6, 6.07) is 10.0. The zero-order chi connectivity index (χ0) is 12.8. The first-order valence-electron chi connectivity index (χ1n) is 6.67. The first kappa shape index (κ1) is 10.8. The van der Waals surface area contributed by atoms with Gasteiger partial charge in [0.25, 0.3) is 5.56 Å². The highest BCUT2D eigenvalue weighted by Gasteiger charge is 2.31. The van der Waals surface area contributed by atoms with E-state index in [1.54, 1.807) is 4.57 Å². The third-order valence-electron chi connectivity index (χ3n) is 3.90. The molecule has 0 radical (unpaired) electrons. The third-order valence-corrected chi connectivity index (χ3v) is 3.90. The Hall–Kier alpha value is -2.10. The summed E-state index contributed by atoms with van der Waals surface area (Å²) >= 11 is 0. The average molecular weight is 254 g/mol. The molecule has 0 N–H and O–H groups in total. The van der Waals surface area contributed by atoms with Crippen LogP contribution in [0, 0.1) is 0 Å². The van der Waals surface area contributed by atoms with Crippen LogP contribution in [0.15, 0.2) is 35.1 Å². The molecular weight excluding hydrogens is 240 g/mol. The summed E-state index contributed by atoms with van der Waals surface area (Å²) in [5.41, 5.74) is 1.93. The Labute approximate surface area is 110 Å². The van der Waals surface area contributed by atoms with Crippen LogP contribution >= 0.6 is 0 Å². The second kappa shape index (κ2) is 3.95. The van der Waals surface area contributed by atoms with Crippen LogP contribution in [0.4, 0.5) is 0 Å². The van der Waals surface area contributed by atoms with Crippen LogP contribution in [0.5, 0.6) is 5.88 Å². The molecule has 1 aromatic carbocycles. The van der Waals surface area contributed by atoms with Crippen molar-refractivity contribution in [3.05, 3.63) is 57.6 Å². The van der Waals surface area contributed by atoms with Gasteiger partial charge in [-0.15, -0.1) is 0 Å². The monoisotopic (exact) mass is 254 g/mol. The van der Waals surface area contributed by atoms with Gasteiger partial charge in [0.1, 0.15) is 11.9 Å². The van der Waals surface area contributed by atoms with E-state index in [1.807, 2.05) is 30.3 Å². The standard InChI is InChI=1S/C15H14N2O2/c18-15-11-9-12(10-5-2-1-3-6-10)19-14(11)16-13-7-4-8-17(13)15/h1-3,5-6,12H,4,7-9H2. The van der Waals surface area contributed by atoms with Crippen LogP contribution in [-0.4, -0.2) is 9.55 Å². The zero-order valence-electron chi connectivity index (χ0n) is 10.5. The van der Waals surface area contributed by atoms with E-state index < -0.39 is 0 Å². The quantitative estimate of drug-likeness (QED) is 0.780. The van der Waals surface area contributed by atoms with Gasteiger partial charge < -0.3 is 4.74 Å². The lowest BCUT2D eigenvalue weighted by Crippen LogP contribution is -2.23. The van der Waals surface area contributed by atoms with E-state index in [0.29, 0.717) is 12.3 Å². The highest BCUT2D eigenvalue weighted by Crippen LogP contribution is 2.33. The lowest BCUT2D eigenvalue weighted by atomic mass is 10.1. The Morgan fingerprint density at radius 1 is 1.26 bits per heavy atom. The van der Waals surface area contributed by atoms with Crippen molar-refractivity contribution in [3.8, 4) is 5.88 Å². The number of ether oxygens (including phenoxy) is 1. The number of nitrogens with zero attached hydrogens (tertiary/aromatic N) is 2. The number of hydrogen-bond donors (Lipinski definition) is 0. The van der Waals surface area contributed by atoms with E-state index in [2.05, 4.69) is 4.98 Å². The minimum atomic E-state index is -0.0699. The van der Waals surface area contributed by atoms with E-state index in [9.17, 15) is 4.79 Å². The second-order valence-corrected chi connectivity index (χ2v) is 5.09. The molecule has 1 aromatic heterocycles. The highest BCUT2D eigenvalue weighted by atomic mass is 16.5. The van der Waals surface area contributed by atoms with E-state index in [4.69, 9.17) is 4.74 Å². The summed E-state index contributed by atoms with van der Waals surface area (Å²) in [6.45, 7) is 0.796. The Balaban J connectivity index is 1.76. The predicted molar refractivity (Wildman–Crippen MR) is 70.3 cm³/mol. The van der Waals surface area contributed by atoms with Gasteiger partial charge in [-0.25, -0.2) is 0 Å². The lowest BCUT2D eigenvalue weighted by molar-refractivity contribution is 0.230. The van der Waals surface area contributed by atoms with Crippen LogP contribution in [0.3, 0.4) is 0 Å². The van der Waals surface area contributed by atoms with Gasteiger partial charge in [0.2, 0.25) is 5.88 Å². The van der Waals surface area contributed by atoms with E-state index in [0.717, 1.165) is 36.3 Å². The number of aromatic nitrogens is 2. The molecule has 0 bridgehead atoms. The Kier molecular flexibility index (Phi) is 2.24. The Morgan fingerprint density at radius 2 is 2.11 bits per heavy atom. The molecule has 1 atom stereocenters. The fraction of sp³-hybridized carbons (Fsp3) is 0.333. The molecule has 4 rings (SSSR count). The average Bonchev–Trinajstić information content (AvgIpc) is 3.06. The molecule has 2 aromatic rings. The van der Waals surface area contributed by atoms with Gasteiger partial charge in [-0.1, -0.05) is 30.3 Å². The minimum Gasteiger partial charge on any atom is -0.469 e. The fourth-order valence-corrected chi connectivity index (χ4v) is 2.92. The van der Waals surface area contributed by atoms with Crippen molar-refractivity contribution in [1.29, 1.82) is 0 Å². The van der Waals surface area contributed by atoms with E-state index in [1.165, 1.54) is 0 Å². The fourth-order valence-electron chi connectivity index (χ4n) is 2.92. The topological polar surface area (TPSA) is 44.1 Å². The molecule has 2 aliphatic rings. The number of benzene rings is 1. The van der Waals surface area contributed by atoms with Crippen molar-refractivity contribution in [3.63, 3.8) is 0 Å². The van der Waals surface area contributed by atoms with E-state index >= 15 is 0 Å². The van der Waals surface area contributed by atoms with Crippen LogP contribution in [0.2, 0.25) is 0 Å². The minimum absolute atomic E-state index is 0.0699. The molecule has 0 fully saturated rings. The number of fused-ring (bicyclic) bond motifs is 2. The van der Waals surface area contributed by atoms with Gasteiger partial charge in [-0.05, 0) is 12.0 Å².